The van der Waals surface area contributed by atoms with Crippen LogP contribution in [0.4, 0.5) is 5.95 Å². The first-order valence-electron chi connectivity index (χ1n) is 16.7. The summed E-state index contributed by atoms with van der Waals surface area (Å²) in [6.45, 7) is 18.3. The topological polar surface area (TPSA) is 122 Å². The maximum atomic E-state index is 14.5. The van der Waals surface area contributed by atoms with E-state index in [4.69, 9.17) is 4.74 Å². The van der Waals surface area contributed by atoms with Gasteiger partial charge in [0.25, 0.3) is 15.9 Å². The molecule has 0 radical (unpaired) electrons. The van der Waals surface area contributed by atoms with Crippen LogP contribution in [0.2, 0.25) is 0 Å². The number of nitrogens with zero attached hydrogens (tertiary/aromatic N) is 4. The molecule has 1 N–H and O–H groups in total. The molecule has 1 aromatic heterocycles. The van der Waals surface area contributed by atoms with Crippen molar-refractivity contribution in [2.24, 2.45) is 16.7 Å². The van der Waals surface area contributed by atoms with Gasteiger partial charge in [-0.25, -0.2) is 18.1 Å². The molecule has 2 aliphatic heterocycles. The van der Waals surface area contributed by atoms with Gasteiger partial charge < -0.3 is 14.5 Å². The number of hydrogen-bond acceptors (Lipinski definition) is 7. The third-order valence-electron chi connectivity index (χ3n) is 8.99. The first kappa shape index (κ1) is 35.3. The van der Waals surface area contributed by atoms with E-state index in [2.05, 4.69) is 56.2 Å². The zero-order valence-electron chi connectivity index (χ0n) is 29.5. The van der Waals surface area contributed by atoms with Gasteiger partial charge in [0.15, 0.2) is 0 Å². The zero-order chi connectivity index (χ0) is 35.0. The number of benzene rings is 2. The summed E-state index contributed by atoms with van der Waals surface area (Å²) in [5.41, 5.74) is 3.43. The van der Waals surface area contributed by atoms with Gasteiger partial charge in [-0.2, -0.15) is 4.98 Å². The molecule has 5 rings (SSSR count). The average Bonchev–Trinajstić information content (AvgIpc) is 3.33. The summed E-state index contributed by atoms with van der Waals surface area (Å²) < 4.78 is 36.3. The number of sulfonamides is 1. The lowest BCUT2D eigenvalue weighted by atomic mass is 9.87. The first-order valence-corrected chi connectivity index (χ1v) is 18.2. The molecule has 2 aromatic carbocycles. The number of nitrogens with one attached hydrogen (secondary N) is 1. The number of aromatic nitrogens is 2. The number of fused-ring (bicyclic) bond motifs is 4. The van der Waals surface area contributed by atoms with E-state index < -0.39 is 16.1 Å². The summed E-state index contributed by atoms with van der Waals surface area (Å²) in [6, 6.07) is 13.2. The molecule has 3 heterocycles. The second-order valence-electron chi connectivity index (χ2n) is 15.6. The van der Waals surface area contributed by atoms with Gasteiger partial charge >= 0.3 is 0 Å². The summed E-state index contributed by atoms with van der Waals surface area (Å²) in [4.78, 5) is 40.8. The number of hydrogen-bond donors (Lipinski definition) is 1. The van der Waals surface area contributed by atoms with Gasteiger partial charge in [0.2, 0.25) is 17.7 Å². The Bertz CT molecular complexity index is 1770. The summed E-state index contributed by atoms with van der Waals surface area (Å²) in [7, 11) is -4.18. The minimum atomic E-state index is -4.18. The van der Waals surface area contributed by atoms with E-state index in [1.807, 2.05) is 36.9 Å². The maximum absolute atomic E-state index is 14.5. The molecule has 0 aliphatic carbocycles. The molecule has 48 heavy (non-hydrogen) atoms. The minimum Gasteiger partial charge on any atom is -0.475 e. The fraction of sp³-hybridized carbons (Fsp3) is 0.514. The predicted molar refractivity (Wildman–Crippen MR) is 187 cm³/mol. The van der Waals surface area contributed by atoms with Crippen molar-refractivity contribution >= 4 is 27.8 Å². The average molecular weight is 676 g/mol. The Morgan fingerprint density at radius 2 is 1.62 bits per heavy atom. The Balaban J connectivity index is 1.59. The van der Waals surface area contributed by atoms with Gasteiger partial charge in [-0.1, -0.05) is 65.8 Å². The van der Waals surface area contributed by atoms with Crippen molar-refractivity contribution in [1.29, 1.82) is 0 Å². The zero-order valence-corrected chi connectivity index (χ0v) is 30.3. The van der Waals surface area contributed by atoms with Crippen LogP contribution in [0.25, 0.3) is 11.3 Å². The lowest BCUT2D eigenvalue weighted by Crippen LogP contribution is -2.48. The molecule has 2 aliphatic rings. The van der Waals surface area contributed by atoms with Gasteiger partial charge in [0, 0.05) is 36.8 Å². The third-order valence-corrected chi connectivity index (χ3v) is 10.3. The van der Waals surface area contributed by atoms with Crippen LogP contribution >= 0.6 is 0 Å². The number of likely N-dealkylation sites (tertiary alicyclic amines) is 1. The lowest BCUT2D eigenvalue weighted by Gasteiger charge is -2.37. The summed E-state index contributed by atoms with van der Waals surface area (Å²) in [5.74, 6) is -0.620. The highest BCUT2D eigenvalue weighted by molar-refractivity contribution is 7.92. The lowest BCUT2D eigenvalue weighted by molar-refractivity contribution is -0.131. The van der Waals surface area contributed by atoms with Gasteiger partial charge in [0.05, 0.1) is 22.5 Å². The van der Waals surface area contributed by atoms with Gasteiger partial charge in [-0.3, -0.25) is 9.59 Å². The van der Waals surface area contributed by atoms with E-state index in [-0.39, 0.29) is 64.0 Å². The number of ether oxygens (including phenoxy) is 1. The molecule has 4 bridgehead atoms. The summed E-state index contributed by atoms with van der Waals surface area (Å²) in [6.07, 6.45) is 2.10. The SMILES string of the molecule is Cc1cccc(C)c1-c1cc2nc(n1)NS(=O)(=O)c1cccc(c1)C(=O)N(CC1CCN(CCC(C)(C)C)C1=O)[C@H](CC(C)(C)C)CO2. The Morgan fingerprint density at radius 3 is 2.29 bits per heavy atom. The highest BCUT2D eigenvalue weighted by Gasteiger charge is 2.38. The van der Waals surface area contributed by atoms with Gasteiger partial charge in [0.1, 0.15) is 6.61 Å². The molecule has 10 nitrogen and oxygen atoms in total. The maximum Gasteiger partial charge on any atom is 0.264 e. The number of carbonyl (C=O) groups is 2. The van der Waals surface area contributed by atoms with Crippen LogP contribution in [0, 0.1) is 30.6 Å². The fourth-order valence-corrected chi connectivity index (χ4v) is 7.47. The largest absolute Gasteiger partial charge is 0.475 e. The molecule has 3 aromatic rings. The number of anilines is 1. The summed E-state index contributed by atoms with van der Waals surface area (Å²) in [5, 5.41) is 0. The van der Waals surface area contributed by atoms with E-state index in [0.29, 0.717) is 31.6 Å². The molecule has 258 valence electrons. The van der Waals surface area contributed by atoms with Crippen molar-refractivity contribution in [2.75, 3.05) is 31.0 Å². The molecule has 0 saturated carbocycles. The second-order valence-corrected chi connectivity index (χ2v) is 17.3. The van der Waals surface area contributed by atoms with E-state index in [1.54, 1.807) is 23.1 Å². The van der Waals surface area contributed by atoms with E-state index in [1.165, 1.54) is 12.1 Å². The number of rotatable bonds is 6. The normalized spacial score (nSPS) is 20.0. The van der Waals surface area contributed by atoms with Crippen molar-refractivity contribution in [3.05, 3.63) is 65.2 Å². The van der Waals surface area contributed by atoms with Crippen LogP contribution in [0.3, 0.4) is 0 Å². The first-order chi connectivity index (χ1) is 22.4. The minimum absolute atomic E-state index is 0.0459. The fourth-order valence-electron chi connectivity index (χ4n) is 6.48. The molecule has 2 atom stereocenters. The second kappa shape index (κ2) is 13.5. The standard InChI is InChI=1S/C37H49N5O5S/c1-24-11-9-12-25(2)32(24)30-20-31-39-35(38-30)40-48(45,46)29-14-10-13-26(19-29)34(44)42(28(23-47-31)21-37(6,7)8)22-27-15-17-41(33(27)43)18-16-36(3,4)5/h9-14,19-20,27-28H,15-18,21-23H2,1-8H3,(H,38,39,40)/t27?,28-/m1/s1. The Labute approximate surface area is 285 Å². The van der Waals surface area contributed by atoms with Crippen molar-refractivity contribution in [3.63, 3.8) is 0 Å². The molecule has 0 spiro atoms. The molecule has 1 fully saturated rings. The molecule has 1 unspecified atom stereocenters. The Hall–Kier alpha value is -3.99. The van der Waals surface area contributed by atoms with Crippen molar-refractivity contribution in [1.82, 2.24) is 19.8 Å². The molecule has 1 saturated heterocycles. The van der Waals surface area contributed by atoms with Crippen LogP contribution in [-0.4, -0.2) is 72.3 Å². The van der Waals surface area contributed by atoms with E-state index in [0.717, 1.165) is 23.1 Å². The number of aryl methyl sites for hydroxylation is 2. The highest BCUT2D eigenvalue weighted by Crippen LogP contribution is 2.32. The van der Waals surface area contributed by atoms with Crippen molar-refractivity contribution < 1.29 is 22.7 Å². The molecule has 2 amide bonds. The Kier molecular flexibility index (Phi) is 9.93. The molecule has 11 heteroatoms. The predicted octanol–water partition coefficient (Wildman–Crippen LogP) is 6.49. The van der Waals surface area contributed by atoms with Crippen LogP contribution in [0.5, 0.6) is 5.88 Å². The monoisotopic (exact) mass is 675 g/mol. The van der Waals surface area contributed by atoms with E-state index in [9.17, 15) is 18.0 Å². The number of amides is 2. The van der Waals surface area contributed by atoms with Crippen LogP contribution < -0.4 is 9.46 Å². The van der Waals surface area contributed by atoms with Crippen LogP contribution in [0.15, 0.2) is 53.4 Å². The highest BCUT2D eigenvalue weighted by atomic mass is 32.2. The van der Waals surface area contributed by atoms with Crippen LogP contribution in [0.1, 0.15) is 82.3 Å². The van der Waals surface area contributed by atoms with Crippen molar-refractivity contribution in [2.45, 2.75) is 85.6 Å². The smallest absolute Gasteiger partial charge is 0.264 e. The van der Waals surface area contributed by atoms with Crippen LogP contribution in [-0.2, 0) is 14.8 Å². The van der Waals surface area contributed by atoms with Gasteiger partial charge in [-0.15, -0.1) is 0 Å². The number of carbonyl (C=O) groups excluding carboxylic acids is 2. The van der Waals surface area contributed by atoms with Crippen molar-refractivity contribution in [3.8, 4) is 17.1 Å². The van der Waals surface area contributed by atoms with Gasteiger partial charge in [-0.05, 0) is 73.3 Å². The third kappa shape index (κ3) is 8.35. The van der Waals surface area contributed by atoms with E-state index >= 15 is 0 Å². The molecular weight excluding hydrogens is 627 g/mol. The summed E-state index contributed by atoms with van der Waals surface area (Å²) >= 11 is 0. The quantitative estimate of drug-likeness (QED) is 0.317. The Morgan fingerprint density at radius 1 is 0.938 bits per heavy atom. The molecular formula is C37H49N5O5S.